The largest absolute Gasteiger partial charge is 0.354 e. The zero-order chi connectivity index (χ0) is 16.9. The summed E-state index contributed by atoms with van der Waals surface area (Å²) in [6, 6.07) is 11.6. The molecule has 3 aromatic rings. The summed E-state index contributed by atoms with van der Waals surface area (Å²) in [6.07, 6.45) is 1.69. The van der Waals surface area contributed by atoms with Gasteiger partial charge < -0.3 is 10.6 Å². The SMILES string of the molecule is CCNc1nc(Nc2cc(Cl)ccc2F)cc(-c2ccccn2)n1. The first-order chi connectivity index (χ1) is 11.7. The molecule has 0 bridgehead atoms. The van der Waals surface area contributed by atoms with Crippen molar-refractivity contribution in [3.8, 4) is 11.4 Å². The van der Waals surface area contributed by atoms with Crippen molar-refractivity contribution in [2.75, 3.05) is 17.2 Å². The van der Waals surface area contributed by atoms with Gasteiger partial charge in [-0.25, -0.2) is 9.37 Å². The van der Waals surface area contributed by atoms with Crippen LogP contribution in [0.1, 0.15) is 6.92 Å². The van der Waals surface area contributed by atoms with Gasteiger partial charge in [0.25, 0.3) is 0 Å². The van der Waals surface area contributed by atoms with Crippen LogP contribution in [0.3, 0.4) is 0 Å². The molecule has 1 aromatic carbocycles. The summed E-state index contributed by atoms with van der Waals surface area (Å²) < 4.78 is 13.9. The van der Waals surface area contributed by atoms with E-state index in [1.807, 2.05) is 25.1 Å². The van der Waals surface area contributed by atoms with Gasteiger partial charge in [0, 0.05) is 23.8 Å². The summed E-state index contributed by atoms with van der Waals surface area (Å²) in [5.41, 5.74) is 1.58. The fourth-order valence-corrected chi connectivity index (χ4v) is 2.30. The molecule has 122 valence electrons. The molecule has 0 amide bonds. The Labute approximate surface area is 144 Å². The van der Waals surface area contributed by atoms with Gasteiger partial charge in [0.05, 0.1) is 17.1 Å². The van der Waals surface area contributed by atoms with Gasteiger partial charge in [-0.2, -0.15) is 4.98 Å². The molecule has 7 heteroatoms. The highest BCUT2D eigenvalue weighted by molar-refractivity contribution is 6.30. The summed E-state index contributed by atoms with van der Waals surface area (Å²) >= 11 is 5.93. The fourth-order valence-electron chi connectivity index (χ4n) is 2.13. The molecule has 2 heterocycles. The van der Waals surface area contributed by atoms with Crippen LogP contribution in [-0.4, -0.2) is 21.5 Å². The van der Waals surface area contributed by atoms with Crippen LogP contribution in [0.15, 0.2) is 48.7 Å². The Balaban J connectivity index is 2.00. The topological polar surface area (TPSA) is 62.7 Å². The molecule has 2 N–H and O–H groups in total. The van der Waals surface area contributed by atoms with Crippen molar-refractivity contribution in [2.24, 2.45) is 0 Å². The molecule has 24 heavy (non-hydrogen) atoms. The van der Waals surface area contributed by atoms with Crippen LogP contribution in [-0.2, 0) is 0 Å². The number of rotatable bonds is 5. The highest BCUT2D eigenvalue weighted by Crippen LogP contribution is 2.25. The highest BCUT2D eigenvalue weighted by Gasteiger charge is 2.10. The Kier molecular flexibility index (Phi) is 4.86. The van der Waals surface area contributed by atoms with E-state index in [9.17, 15) is 4.39 Å². The van der Waals surface area contributed by atoms with Gasteiger partial charge in [0.2, 0.25) is 5.95 Å². The van der Waals surface area contributed by atoms with Gasteiger partial charge in [-0.3, -0.25) is 4.98 Å². The van der Waals surface area contributed by atoms with Crippen LogP contribution >= 0.6 is 11.6 Å². The van der Waals surface area contributed by atoms with Crippen molar-refractivity contribution < 1.29 is 4.39 Å². The number of aromatic nitrogens is 3. The summed E-state index contributed by atoms with van der Waals surface area (Å²) in [5, 5.41) is 6.44. The Bertz CT molecular complexity index is 842. The zero-order valence-corrected chi connectivity index (χ0v) is 13.7. The molecule has 0 saturated heterocycles. The standard InChI is InChI=1S/C17H15ClFN5/c1-2-20-17-23-15(13-5-3-4-8-21-13)10-16(24-17)22-14-9-11(18)6-7-12(14)19/h3-10H,2H2,1H3,(H2,20,22,23,24). The lowest BCUT2D eigenvalue weighted by Gasteiger charge is -2.11. The minimum atomic E-state index is -0.414. The lowest BCUT2D eigenvalue weighted by Crippen LogP contribution is -2.06. The maximum Gasteiger partial charge on any atom is 0.225 e. The van der Waals surface area contributed by atoms with Crippen LogP contribution < -0.4 is 10.6 Å². The molecular formula is C17H15ClFN5. The number of hydrogen-bond acceptors (Lipinski definition) is 5. The molecule has 0 unspecified atom stereocenters. The number of pyridine rings is 1. The summed E-state index contributed by atoms with van der Waals surface area (Å²) in [7, 11) is 0. The van der Waals surface area contributed by atoms with E-state index >= 15 is 0 Å². The van der Waals surface area contributed by atoms with Crippen LogP contribution in [0.5, 0.6) is 0 Å². The van der Waals surface area contributed by atoms with E-state index in [4.69, 9.17) is 11.6 Å². The van der Waals surface area contributed by atoms with Gasteiger partial charge in [0.1, 0.15) is 11.6 Å². The third-order valence-electron chi connectivity index (χ3n) is 3.18. The number of benzene rings is 1. The third-order valence-corrected chi connectivity index (χ3v) is 3.41. The molecule has 3 rings (SSSR count). The molecule has 0 saturated carbocycles. The third kappa shape index (κ3) is 3.78. The Morgan fingerprint density at radius 2 is 1.96 bits per heavy atom. The molecule has 0 atom stereocenters. The number of nitrogens with zero attached hydrogens (tertiary/aromatic N) is 3. The lowest BCUT2D eigenvalue weighted by molar-refractivity contribution is 0.632. The maximum absolute atomic E-state index is 13.9. The molecule has 0 aliphatic rings. The molecule has 0 aliphatic heterocycles. The Morgan fingerprint density at radius 3 is 2.71 bits per heavy atom. The summed E-state index contributed by atoms with van der Waals surface area (Å²) in [5.74, 6) is 0.468. The van der Waals surface area contributed by atoms with E-state index < -0.39 is 5.82 Å². The predicted octanol–water partition coefficient (Wildman–Crippen LogP) is 4.51. The van der Waals surface area contributed by atoms with Crippen LogP contribution in [0, 0.1) is 5.82 Å². The van der Waals surface area contributed by atoms with Crippen LogP contribution in [0.4, 0.5) is 21.8 Å². The monoisotopic (exact) mass is 343 g/mol. The number of hydrogen-bond donors (Lipinski definition) is 2. The summed E-state index contributed by atoms with van der Waals surface area (Å²) in [6.45, 7) is 2.61. The van der Waals surface area contributed by atoms with E-state index in [0.717, 1.165) is 0 Å². The van der Waals surface area contributed by atoms with Crippen molar-refractivity contribution in [2.45, 2.75) is 6.92 Å². The molecular weight excluding hydrogens is 329 g/mol. The van der Waals surface area contributed by atoms with E-state index in [-0.39, 0.29) is 5.69 Å². The van der Waals surface area contributed by atoms with Gasteiger partial charge in [-0.15, -0.1) is 0 Å². The van der Waals surface area contributed by atoms with Gasteiger partial charge in [-0.1, -0.05) is 17.7 Å². The average Bonchev–Trinajstić information content (AvgIpc) is 2.59. The Hall–Kier alpha value is -2.73. The van der Waals surface area contributed by atoms with E-state index in [1.165, 1.54) is 18.2 Å². The maximum atomic E-state index is 13.9. The second-order valence-electron chi connectivity index (χ2n) is 4.96. The van der Waals surface area contributed by atoms with Crippen molar-refractivity contribution in [1.29, 1.82) is 0 Å². The first-order valence-electron chi connectivity index (χ1n) is 7.42. The fraction of sp³-hybridized carbons (Fsp3) is 0.118. The van der Waals surface area contributed by atoms with Crippen molar-refractivity contribution in [1.82, 2.24) is 15.0 Å². The van der Waals surface area contributed by atoms with E-state index in [2.05, 4.69) is 25.6 Å². The molecule has 0 aliphatic carbocycles. The molecule has 2 aromatic heterocycles. The quantitative estimate of drug-likeness (QED) is 0.713. The van der Waals surface area contributed by atoms with E-state index in [1.54, 1.807) is 12.3 Å². The number of nitrogens with one attached hydrogen (secondary N) is 2. The Morgan fingerprint density at radius 1 is 1.08 bits per heavy atom. The smallest absolute Gasteiger partial charge is 0.225 e. The van der Waals surface area contributed by atoms with Gasteiger partial charge in [0.15, 0.2) is 0 Å². The second-order valence-corrected chi connectivity index (χ2v) is 5.39. The van der Waals surface area contributed by atoms with Crippen molar-refractivity contribution in [3.63, 3.8) is 0 Å². The minimum absolute atomic E-state index is 0.246. The first-order valence-corrected chi connectivity index (χ1v) is 7.80. The van der Waals surface area contributed by atoms with Crippen LogP contribution in [0.2, 0.25) is 5.02 Å². The molecule has 0 spiro atoms. The minimum Gasteiger partial charge on any atom is -0.354 e. The van der Waals surface area contributed by atoms with Gasteiger partial charge >= 0.3 is 0 Å². The zero-order valence-electron chi connectivity index (χ0n) is 12.9. The van der Waals surface area contributed by atoms with Crippen molar-refractivity contribution >= 4 is 29.1 Å². The normalized spacial score (nSPS) is 10.5. The second kappa shape index (κ2) is 7.23. The molecule has 5 nitrogen and oxygen atoms in total. The predicted molar refractivity (Wildman–Crippen MR) is 94.1 cm³/mol. The van der Waals surface area contributed by atoms with E-state index in [0.29, 0.717) is 34.7 Å². The average molecular weight is 344 g/mol. The van der Waals surface area contributed by atoms with Crippen LogP contribution in [0.25, 0.3) is 11.4 Å². The lowest BCUT2D eigenvalue weighted by atomic mass is 10.2. The number of anilines is 3. The number of halogens is 2. The first kappa shape index (κ1) is 16.1. The molecule has 0 radical (unpaired) electrons. The molecule has 0 fully saturated rings. The van der Waals surface area contributed by atoms with Gasteiger partial charge in [-0.05, 0) is 37.3 Å². The summed E-state index contributed by atoms with van der Waals surface area (Å²) in [4.78, 5) is 13.1. The van der Waals surface area contributed by atoms with Crippen molar-refractivity contribution in [3.05, 3.63) is 59.5 Å². The highest BCUT2D eigenvalue weighted by atomic mass is 35.5.